The third-order valence-electron chi connectivity index (χ3n) is 2.15. The van der Waals surface area contributed by atoms with Crippen LogP contribution >= 0.6 is 11.6 Å². The van der Waals surface area contributed by atoms with Crippen molar-refractivity contribution in [2.45, 2.75) is 26.7 Å². The number of rotatable bonds is 8. The predicted molar refractivity (Wildman–Crippen MR) is 66.2 cm³/mol. The van der Waals surface area contributed by atoms with Crippen LogP contribution in [0, 0.1) is 5.92 Å². The molecule has 0 rings (SSSR count). The van der Waals surface area contributed by atoms with Crippen LogP contribution in [0.4, 0.5) is 4.79 Å². The monoisotopic (exact) mass is 286 g/mol. The highest BCUT2D eigenvalue weighted by atomic mass is 35.5. The number of nitrogens with one attached hydrogen (secondary N) is 2. The maximum Gasteiger partial charge on any atom is 0.421 e. The summed E-state index contributed by atoms with van der Waals surface area (Å²) in [6, 6.07) is 0. The molecule has 0 saturated heterocycles. The van der Waals surface area contributed by atoms with Gasteiger partial charge in [0.05, 0.1) is 6.61 Å². The molecule has 1 unspecified atom stereocenters. The molecule has 0 saturated carbocycles. The van der Waals surface area contributed by atoms with Gasteiger partial charge in [0.25, 0.3) is 0 Å². The molecule has 6 nitrogen and oxygen atoms in total. The van der Waals surface area contributed by atoms with Crippen molar-refractivity contribution in [3.8, 4) is 0 Å². The van der Waals surface area contributed by atoms with Crippen LogP contribution in [0.25, 0.3) is 0 Å². The second kappa shape index (κ2) is 8.54. The van der Waals surface area contributed by atoms with Gasteiger partial charge in [0.2, 0.25) is 0 Å². The first-order valence-corrected chi connectivity index (χ1v) is 7.47. The number of halogens is 1. The van der Waals surface area contributed by atoms with Gasteiger partial charge in [-0.15, -0.1) is 11.6 Å². The Labute approximate surface area is 107 Å². The second-order valence-corrected chi connectivity index (χ2v) is 5.30. The van der Waals surface area contributed by atoms with E-state index in [4.69, 9.17) is 11.6 Å². The van der Waals surface area contributed by atoms with E-state index in [0.29, 0.717) is 5.88 Å². The topological polar surface area (TPSA) is 84.5 Å². The Morgan fingerprint density at radius 2 is 2.06 bits per heavy atom. The van der Waals surface area contributed by atoms with Gasteiger partial charge in [0.1, 0.15) is 0 Å². The molecule has 1 amide bonds. The van der Waals surface area contributed by atoms with Crippen molar-refractivity contribution in [2.75, 3.05) is 19.0 Å². The van der Waals surface area contributed by atoms with Gasteiger partial charge in [-0.3, -0.25) is 0 Å². The minimum absolute atomic E-state index is 0.116. The van der Waals surface area contributed by atoms with E-state index in [2.05, 4.69) is 9.46 Å². The molecule has 17 heavy (non-hydrogen) atoms. The molecule has 0 heterocycles. The summed E-state index contributed by atoms with van der Waals surface area (Å²) in [4.78, 5) is 10.9. The molecule has 0 fully saturated rings. The van der Waals surface area contributed by atoms with Gasteiger partial charge in [-0.05, 0) is 19.3 Å². The molecule has 0 spiro atoms. The molecule has 0 aliphatic rings. The number of ether oxygens (including phenoxy) is 1. The fourth-order valence-electron chi connectivity index (χ4n) is 1.14. The number of carbonyl (C=O) groups excluding carboxylic acids is 1. The van der Waals surface area contributed by atoms with Crippen LogP contribution in [0.15, 0.2) is 0 Å². The minimum atomic E-state index is -3.84. The van der Waals surface area contributed by atoms with Gasteiger partial charge in [-0.1, -0.05) is 13.3 Å². The summed E-state index contributed by atoms with van der Waals surface area (Å²) < 4.78 is 31.3. The fraction of sp³-hybridized carbons (Fsp3) is 0.889. The molecule has 0 aromatic heterocycles. The summed E-state index contributed by atoms with van der Waals surface area (Å²) >= 11 is 5.58. The highest BCUT2D eigenvalue weighted by molar-refractivity contribution is 7.88. The van der Waals surface area contributed by atoms with Crippen LogP contribution < -0.4 is 9.44 Å². The van der Waals surface area contributed by atoms with Crippen LogP contribution in [-0.2, 0) is 14.9 Å². The van der Waals surface area contributed by atoms with Crippen LogP contribution in [0.1, 0.15) is 26.7 Å². The van der Waals surface area contributed by atoms with Crippen molar-refractivity contribution in [2.24, 2.45) is 5.92 Å². The molecule has 0 aromatic rings. The summed E-state index contributed by atoms with van der Waals surface area (Å²) in [7, 11) is -3.84. The molecule has 0 bridgehead atoms. The smallest absolute Gasteiger partial charge is 0.421 e. The zero-order valence-electron chi connectivity index (χ0n) is 10.0. The summed E-state index contributed by atoms with van der Waals surface area (Å²) in [6.45, 7) is 3.90. The van der Waals surface area contributed by atoms with Gasteiger partial charge in [0, 0.05) is 12.4 Å². The largest absolute Gasteiger partial charge is 0.449 e. The molecule has 0 radical (unpaired) electrons. The Kier molecular flexibility index (Phi) is 8.28. The van der Waals surface area contributed by atoms with Crippen molar-refractivity contribution in [1.29, 1.82) is 0 Å². The Bertz CT molecular complexity index is 321. The summed E-state index contributed by atoms with van der Waals surface area (Å²) in [6.07, 6.45) is 0.555. The van der Waals surface area contributed by atoms with Gasteiger partial charge in [0.15, 0.2) is 0 Å². The molecular formula is C9H19ClN2O4S. The molecular weight excluding hydrogens is 268 g/mol. The molecule has 1 atom stereocenters. The first kappa shape index (κ1) is 16.5. The van der Waals surface area contributed by atoms with E-state index in [9.17, 15) is 13.2 Å². The summed E-state index contributed by atoms with van der Waals surface area (Å²) in [5.74, 6) is 0.636. The minimum Gasteiger partial charge on any atom is -0.449 e. The average Bonchev–Trinajstić information content (AvgIpc) is 2.23. The van der Waals surface area contributed by atoms with E-state index in [-0.39, 0.29) is 19.1 Å². The standard InChI is InChI=1S/C9H19ClN2O4S/c1-3-8(5-6-10)7-11-17(14,15)12-9(13)16-4-2/h8,11H,3-7H2,1-2H3,(H,12,13). The lowest BCUT2D eigenvalue weighted by Gasteiger charge is -2.14. The molecule has 0 aliphatic heterocycles. The van der Waals surface area contributed by atoms with Crippen molar-refractivity contribution in [3.63, 3.8) is 0 Å². The predicted octanol–water partition coefficient (Wildman–Crippen LogP) is 1.22. The lowest BCUT2D eigenvalue weighted by molar-refractivity contribution is 0.158. The zero-order chi connectivity index (χ0) is 13.3. The van der Waals surface area contributed by atoms with Crippen molar-refractivity contribution in [3.05, 3.63) is 0 Å². The average molecular weight is 287 g/mol. The highest BCUT2D eigenvalue weighted by Crippen LogP contribution is 2.07. The van der Waals surface area contributed by atoms with Crippen LogP contribution in [0.2, 0.25) is 0 Å². The van der Waals surface area contributed by atoms with Gasteiger partial charge in [-0.2, -0.15) is 13.1 Å². The number of alkyl halides is 1. The molecule has 2 N–H and O–H groups in total. The van der Waals surface area contributed by atoms with Crippen LogP contribution in [0.3, 0.4) is 0 Å². The lowest BCUT2D eigenvalue weighted by atomic mass is 10.0. The zero-order valence-corrected chi connectivity index (χ0v) is 11.6. The molecule has 0 aliphatic carbocycles. The van der Waals surface area contributed by atoms with Crippen molar-refractivity contribution in [1.82, 2.24) is 9.44 Å². The van der Waals surface area contributed by atoms with E-state index >= 15 is 0 Å². The first-order valence-electron chi connectivity index (χ1n) is 5.45. The van der Waals surface area contributed by atoms with Gasteiger partial charge < -0.3 is 4.74 Å². The number of hydrogen-bond donors (Lipinski definition) is 2. The molecule has 0 aromatic carbocycles. The fourth-order valence-corrected chi connectivity index (χ4v) is 2.25. The van der Waals surface area contributed by atoms with Gasteiger partial charge >= 0.3 is 16.3 Å². The van der Waals surface area contributed by atoms with E-state index in [1.807, 2.05) is 6.92 Å². The van der Waals surface area contributed by atoms with E-state index in [1.165, 1.54) is 0 Å². The number of carbonyl (C=O) groups is 1. The Morgan fingerprint density at radius 3 is 2.53 bits per heavy atom. The number of amides is 1. The first-order chi connectivity index (χ1) is 7.95. The summed E-state index contributed by atoms with van der Waals surface area (Å²) in [5, 5.41) is 0. The normalized spacial score (nSPS) is 13.1. The Balaban J connectivity index is 4.12. The third-order valence-corrected chi connectivity index (χ3v) is 3.35. The van der Waals surface area contributed by atoms with E-state index in [1.54, 1.807) is 11.6 Å². The van der Waals surface area contributed by atoms with Gasteiger partial charge in [-0.25, -0.2) is 9.52 Å². The summed E-state index contributed by atoms with van der Waals surface area (Å²) in [5.41, 5.74) is 0. The number of hydrogen-bond acceptors (Lipinski definition) is 4. The quantitative estimate of drug-likeness (QED) is 0.657. The third kappa shape index (κ3) is 8.23. The van der Waals surface area contributed by atoms with Crippen molar-refractivity contribution < 1.29 is 17.9 Å². The second-order valence-electron chi connectivity index (χ2n) is 3.43. The Hall–Kier alpha value is -0.530. The molecule has 102 valence electrons. The SMILES string of the molecule is CCOC(=O)NS(=O)(=O)NCC(CC)CCCl. The maximum atomic E-state index is 11.4. The highest BCUT2D eigenvalue weighted by Gasteiger charge is 2.16. The van der Waals surface area contributed by atoms with Crippen LogP contribution in [0.5, 0.6) is 0 Å². The molecule has 8 heteroatoms. The Morgan fingerprint density at radius 1 is 1.41 bits per heavy atom. The van der Waals surface area contributed by atoms with Crippen molar-refractivity contribution >= 4 is 27.9 Å². The van der Waals surface area contributed by atoms with Crippen LogP contribution in [-0.4, -0.2) is 33.5 Å². The maximum absolute atomic E-state index is 11.4. The van der Waals surface area contributed by atoms with E-state index in [0.717, 1.165) is 12.8 Å². The van der Waals surface area contributed by atoms with E-state index < -0.39 is 16.3 Å². The lowest BCUT2D eigenvalue weighted by Crippen LogP contribution is -2.42.